The third kappa shape index (κ3) is 4.06. The Morgan fingerprint density at radius 3 is 2.24 bits per heavy atom. The standard InChI is InChI=1S/C16H15Cl4N/c1-2-8-21-16(11-9-10(17)6-7-12(11)18)15-13(19)4-3-5-14(15)20/h3-7,9,16,21H,2,8H2,1H3. The molecular formula is C16H15Cl4N. The first kappa shape index (κ1) is 16.9. The van der Waals surface area contributed by atoms with Gasteiger partial charge in [-0.1, -0.05) is 59.4 Å². The van der Waals surface area contributed by atoms with E-state index in [1.165, 1.54) is 0 Å². The van der Waals surface area contributed by atoms with Crippen LogP contribution in [-0.4, -0.2) is 6.54 Å². The van der Waals surface area contributed by atoms with Crippen molar-refractivity contribution < 1.29 is 0 Å². The Labute approximate surface area is 145 Å². The number of hydrogen-bond acceptors (Lipinski definition) is 1. The molecule has 0 spiro atoms. The highest BCUT2D eigenvalue weighted by Gasteiger charge is 2.21. The van der Waals surface area contributed by atoms with Gasteiger partial charge in [0.2, 0.25) is 0 Å². The van der Waals surface area contributed by atoms with Gasteiger partial charge in [-0.3, -0.25) is 0 Å². The smallest absolute Gasteiger partial charge is 0.0621 e. The predicted molar refractivity (Wildman–Crippen MR) is 93.1 cm³/mol. The molecule has 0 aromatic heterocycles. The first-order valence-electron chi connectivity index (χ1n) is 6.66. The van der Waals surface area contributed by atoms with Crippen LogP contribution in [0.1, 0.15) is 30.5 Å². The summed E-state index contributed by atoms with van der Waals surface area (Å²) in [6.07, 6.45) is 0.983. The fourth-order valence-corrected chi connectivity index (χ4v) is 3.20. The molecule has 1 unspecified atom stereocenters. The molecule has 1 N–H and O–H groups in total. The molecule has 0 aliphatic rings. The number of benzene rings is 2. The molecule has 112 valence electrons. The SMILES string of the molecule is CCCNC(c1cc(Cl)ccc1Cl)c1c(Cl)cccc1Cl. The Kier molecular flexibility index (Phi) is 6.21. The van der Waals surface area contributed by atoms with Crippen molar-refractivity contribution in [2.75, 3.05) is 6.54 Å². The average Bonchev–Trinajstić information content (AvgIpc) is 2.45. The normalized spacial score (nSPS) is 12.4. The highest BCUT2D eigenvalue weighted by molar-refractivity contribution is 6.36. The van der Waals surface area contributed by atoms with Crippen LogP contribution in [0, 0.1) is 0 Å². The minimum atomic E-state index is -0.197. The van der Waals surface area contributed by atoms with Gasteiger partial charge in [0.15, 0.2) is 0 Å². The van der Waals surface area contributed by atoms with Gasteiger partial charge >= 0.3 is 0 Å². The molecular weight excluding hydrogens is 348 g/mol. The average molecular weight is 363 g/mol. The zero-order chi connectivity index (χ0) is 15.4. The van der Waals surface area contributed by atoms with Crippen molar-refractivity contribution in [3.63, 3.8) is 0 Å². The van der Waals surface area contributed by atoms with Crippen LogP contribution < -0.4 is 5.32 Å². The van der Waals surface area contributed by atoms with Gasteiger partial charge < -0.3 is 5.32 Å². The monoisotopic (exact) mass is 361 g/mol. The molecule has 2 aromatic rings. The van der Waals surface area contributed by atoms with Crippen LogP contribution in [0.3, 0.4) is 0 Å². The third-order valence-electron chi connectivity index (χ3n) is 3.16. The predicted octanol–water partition coefficient (Wildman–Crippen LogP) is 6.39. The topological polar surface area (TPSA) is 12.0 Å². The van der Waals surface area contributed by atoms with E-state index in [9.17, 15) is 0 Å². The summed E-state index contributed by atoms with van der Waals surface area (Å²) in [5.74, 6) is 0. The summed E-state index contributed by atoms with van der Waals surface area (Å²) >= 11 is 25.1. The first-order chi connectivity index (χ1) is 10.0. The second-order valence-corrected chi connectivity index (χ2v) is 6.35. The maximum atomic E-state index is 6.34. The highest BCUT2D eigenvalue weighted by Crippen LogP contribution is 2.37. The summed E-state index contributed by atoms with van der Waals surface area (Å²) in [4.78, 5) is 0. The van der Waals surface area contributed by atoms with Crippen LogP contribution >= 0.6 is 46.4 Å². The number of halogens is 4. The minimum absolute atomic E-state index is 0.197. The third-order valence-corrected chi connectivity index (χ3v) is 4.39. The molecule has 0 aliphatic carbocycles. The number of hydrogen-bond donors (Lipinski definition) is 1. The second-order valence-electron chi connectivity index (χ2n) is 4.69. The Bertz CT molecular complexity index is 607. The van der Waals surface area contributed by atoms with Crippen LogP contribution in [0.15, 0.2) is 36.4 Å². The Balaban J connectivity index is 2.55. The van der Waals surface area contributed by atoms with E-state index in [0.29, 0.717) is 20.1 Å². The molecule has 1 atom stereocenters. The van der Waals surface area contributed by atoms with Gasteiger partial charge in [0.25, 0.3) is 0 Å². The van der Waals surface area contributed by atoms with Gasteiger partial charge in [0.1, 0.15) is 0 Å². The van der Waals surface area contributed by atoms with E-state index in [-0.39, 0.29) is 6.04 Å². The maximum Gasteiger partial charge on any atom is 0.0621 e. The van der Waals surface area contributed by atoms with Gasteiger partial charge in [0.05, 0.1) is 6.04 Å². The minimum Gasteiger partial charge on any atom is -0.306 e. The molecule has 2 rings (SSSR count). The van der Waals surface area contributed by atoms with Crippen LogP contribution in [0.25, 0.3) is 0 Å². The first-order valence-corrected chi connectivity index (χ1v) is 8.18. The van der Waals surface area contributed by atoms with Crippen molar-refractivity contribution in [1.29, 1.82) is 0 Å². The van der Waals surface area contributed by atoms with Crippen LogP contribution in [0.4, 0.5) is 0 Å². The molecule has 0 saturated carbocycles. The van der Waals surface area contributed by atoms with E-state index in [0.717, 1.165) is 24.1 Å². The van der Waals surface area contributed by atoms with Crippen molar-refractivity contribution in [3.8, 4) is 0 Å². The quantitative estimate of drug-likeness (QED) is 0.649. The summed E-state index contributed by atoms with van der Waals surface area (Å²) in [5, 5.41) is 5.90. The summed E-state index contributed by atoms with van der Waals surface area (Å²) in [7, 11) is 0. The highest BCUT2D eigenvalue weighted by atomic mass is 35.5. The van der Waals surface area contributed by atoms with Gasteiger partial charge in [-0.2, -0.15) is 0 Å². The molecule has 0 radical (unpaired) electrons. The summed E-state index contributed by atoms with van der Waals surface area (Å²) < 4.78 is 0. The molecule has 5 heteroatoms. The lowest BCUT2D eigenvalue weighted by Gasteiger charge is -2.23. The zero-order valence-electron chi connectivity index (χ0n) is 11.5. The molecule has 1 nitrogen and oxygen atoms in total. The summed E-state index contributed by atoms with van der Waals surface area (Å²) in [5.41, 5.74) is 1.69. The fraction of sp³-hybridized carbons (Fsp3) is 0.250. The lowest BCUT2D eigenvalue weighted by atomic mass is 9.98. The number of nitrogens with one attached hydrogen (secondary N) is 1. The van der Waals surface area contributed by atoms with Crippen molar-refractivity contribution >= 4 is 46.4 Å². The lowest BCUT2D eigenvalue weighted by Crippen LogP contribution is -2.24. The van der Waals surface area contributed by atoms with E-state index in [1.54, 1.807) is 12.1 Å². The molecule has 0 aliphatic heterocycles. The Morgan fingerprint density at radius 2 is 1.62 bits per heavy atom. The van der Waals surface area contributed by atoms with E-state index in [4.69, 9.17) is 46.4 Å². The van der Waals surface area contributed by atoms with Crippen LogP contribution in [0.5, 0.6) is 0 Å². The van der Waals surface area contributed by atoms with Crippen molar-refractivity contribution in [2.24, 2.45) is 0 Å². The number of rotatable bonds is 5. The van der Waals surface area contributed by atoms with Crippen LogP contribution in [-0.2, 0) is 0 Å². The van der Waals surface area contributed by atoms with E-state index >= 15 is 0 Å². The zero-order valence-corrected chi connectivity index (χ0v) is 14.5. The van der Waals surface area contributed by atoms with Crippen molar-refractivity contribution in [1.82, 2.24) is 5.32 Å². The van der Waals surface area contributed by atoms with E-state index in [1.807, 2.05) is 24.3 Å². The van der Waals surface area contributed by atoms with Gasteiger partial charge in [-0.15, -0.1) is 0 Å². The summed E-state index contributed by atoms with van der Waals surface area (Å²) in [6.45, 7) is 2.91. The lowest BCUT2D eigenvalue weighted by molar-refractivity contribution is 0.599. The molecule has 21 heavy (non-hydrogen) atoms. The Hall–Kier alpha value is -0.440. The van der Waals surface area contributed by atoms with Crippen molar-refractivity contribution in [2.45, 2.75) is 19.4 Å². The Morgan fingerprint density at radius 1 is 0.952 bits per heavy atom. The molecule has 0 fully saturated rings. The van der Waals surface area contributed by atoms with E-state index < -0.39 is 0 Å². The van der Waals surface area contributed by atoms with E-state index in [2.05, 4.69) is 12.2 Å². The molecule has 0 amide bonds. The fourth-order valence-electron chi connectivity index (χ4n) is 2.18. The molecule has 0 saturated heterocycles. The van der Waals surface area contributed by atoms with Gasteiger partial charge in [0, 0.05) is 25.7 Å². The van der Waals surface area contributed by atoms with Crippen LogP contribution in [0.2, 0.25) is 20.1 Å². The van der Waals surface area contributed by atoms with Gasteiger partial charge in [-0.05, 0) is 48.9 Å². The maximum absolute atomic E-state index is 6.34. The van der Waals surface area contributed by atoms with Gasteiger partial charge in [-0.25, -0.2) is 0 Å². The van der Waals surface area contributed by atoms with Crippen molar-refractivity contribution in [3.05, 3.63) is 67.6 Å². The second kappa shape index (κ2) is 7.71. The largest absolute Gasteiger partial charge is 0.306 e. The molecule has 2 aromatic carbocycles. The molecule has 0 bridgehead atoms. The summed E-state index contributed by atoms with van der Waals surface area (Å²) in [6, 6.07) is 10.7. The molecule has 0 heterocycles.